The number of nitriles is 1. The van der Waals surface area contributed by atoms with Gasteiger partial charge in [-0.1, -0.05) is 18.2 Å². The average molecular weight is 239 g/mol. The first-order valence-electron chi connectivity index (χ1n) is 5.68. The molecule has 18 heavy (non-hydrogen) atoms. The number of pyridine rings is 1. The summed E-state index contributed by atoms with van der Waals surface area (Å²) in [5.41, 5.74) is 2.27. The second kappa shape index (κ2) is 4.84. The molecule has 1 aromatic carbocycles. The van der Waals surface area contributed by atoms with Crippen molar-refractivity contribution in [3.63, 3.8) is 0 Å². The van der Waals surface area contributed by atoms with Crippen LogP contribution in [0.15, 0.2) is 30.3 Å². The third-order valence-corrected chi connectivity index (χ3v) is 2.70. The monoisotopic (exact) mass is 239 g/mol. The fourth-order valence-electron chi connectivity index (χ4n) is 1.65. The Balaban J connectivity index is 2.42. The zero-order valence-electron chi connectivity index (χ0n) is 10.3. The zero-order chi connectivity index (χ0) is 13.1. The Kier molecular flexibility index (Phi) is 3.24. The van der Waals surface area contributed by atoms with Crippen LogP contribution in [0.1, 0.15) is 12.6 Å². The summed E-state index contributed by atoms with van der Waals surface area (Å²) in [6, 6.07) is 11.4. The standard InChI is InChI=1S/C14H13N3O/c1-9(8-15)14(18)17-12-5-3-4-11-7-6-10(2)16-13(11)12/h3-7,9H,1-2H3,(H,17,18). The summed E-state index contributed by atoms with van der Waals surface area (Å²) < 4.78 is 0. The van der Waals surface area contributed by atoms with E-state index in [0.29, 0.717) is 5.69 Å². The molecule has 4 heteroatoms. The number of aryl methyl sites for hydroxylation is 1. The van der Waals surface area contributed by atoms with Gasteiger partial charge in [0.15, 0.2) is 0 Å². The van der Waals surface area contributed by atoms with E-state index in [4.69, 9.17) is 5.26 Å². The lowest BCUT2D eigenvalue weighted by Crippen LogP contribution is -2.19. The van der Waals surface area contributed by atoms with Crippen molar-refractivity contribution in [2.75, 3.05) is 5.32 Å². The van der Waals surface area contributed by atoms with Gasteiger partial charge in [0.25, 0.3) is 0 Å². The number of fused-ring (bicyclic) bond motifs is 1. The number of nitrogens with one attached hydrogen (secondary N) is 1. The summed E-state index contributed by atoms with van der Waals surface area (Å²) >= 11 is 0. The minimum atomic E-state index is -0.676. The van der Waals surface area contributed by atoms with Crippen LogP contribution in [0.3, 0.4) is 0 Å². The maximum absolute atomic E-state index is 11.7. The predicted octanol–water partition coefficient (Wildman–Crippen LogP) is 2.64. The number of nitrogens with zero attached hydrogens (tertiary/aromatic N) is 2. The smallest absolute Gasteiger partial charge is 0.241 e. The summed E-state index contributed by atoms with van der Waals surface area (Å²) in [5.74, 6) is -0.988. The molecule has 1 amide bonds. The maximum atomic E-state index is 11.7. The van der Waals surface area contributed by atoms with E-state index in [9.17, 15) is 4.79 Å². The van der Waals surface area contributed by atoms with Gasteiger partial charge in [-0.15, -0.1) is 0 Å². The number of benzene rings is 1. The molecule has 1 unspecified atom stereocenters. The number of amides is 1. The first-order valence-corrected chi connectivity index (χ1v) is 5.68. The first-order chi connectivity index (χ1) is 8.61. The van der Waals surface area contributed by atoms with Crippen LogP contribution in [0.25, 0.3) is 10.9 Å². The zero-order valence-corrected chi connectivity index (χ0v) is 10.3. The maximum Gasteiger partial charge on any atom is 0.241 e. The van der Waals surface area contributed by atoms with E-state index in [1.807, 2.05) is 37.3 Å². The van der Waals surface area contributed by atoms with E-state index >= 15 is 0 Å². The molecule has 0 aliphatic heterocycles. The van der Waals surface area contributed by atoms with Crippen LogP contribution in [0.2, 0.25) is 0 Å². The van der Waals surface area contributed by atoms with Gasteiger partial charge >= 0.3 is 0 Å². The van der Waals surface area contributed by atoms with Gasteiger partial charge in [0, 0.05) is 11.1 Å². The van der Waals surface area contributed by atoms with Crippen LogP contribution in [0.4, 0.5) is 5.69 Å². The van der Waals surface area contributed by atoms with E-state index in [0.717, 1.165) is 16.6 Å². The lowest BCUT2D eigenvalue weighted by Gasteiger charge is -2.09. The van der Waals surface area contributed by atoms with Crippen LogP contribution in [0, 0.1) is 24.2 Å². The molecule has 0 spiro atoms. The quantitative estimate of drug-likeness (QED) is 0.876. The lowest BCUT2D eigenvalue weighted by molar-refractivity contribution is -0.117. The second-order valence-electron chi connectivity index (χ2n) is 4.17. The van der Waals surface area contributed by atoms with Crippen LogP contribution in [-0.4, -0.2) is 10.9 Å². The molecule has 2 aromatic rings. The Labute approximate surface area is 105 Å². The number of aromatic nitrogens is 1. The third kappa shape index (κ3) is 2.30. The molecule has 0 saturated heterocycles. The molecule has 1 N–H and O–H groups in total. The van der Waals surface area contributed by atoms with E-state index in [2.05, 4.69) is 10.3 Å². The predicted molar refractivity (Wildman–Crippen MR) is 69.9 cm³/mol. The van der Waals surface area contributed by atoms with Gasteiger partial charge in [-0.2, -0.15) is 5.26 Å². The molecule has 90 valence electrons. The average Bonchev–Trinajstić information content (AvgIpc) is 2.38. The largest absolute Gasteiger partial charge is 0.323 e. The molecule has 0 bridgehead atoms. The molecule has 4 nitrogen and oxygen atoms in total. The van der Waals surface area contributed by atoms with Gasteiger partial charge in [0.1, 0.15) is 5.92 Å². The van der Waals surface area contributed by atoms with Crippen LogP contribution in [-0.2, 0) is 4.79 Å². The number of hydrogen-bond donors (Lipinski definition) is 1. The van der Waals surface area contributed by atoms with E-state index in [-0.39, 0.29) is 5.91 Å². The summed E-state index contributed by atoms with van der Waals surface area (Å²) in [5, 5.41) is 12.4. The van der Waals surface area contributed by atoms with E-state index in [1.54, 1.807) is 13.0 Å². The van der Waals surface area contributed by atoms with Crippen molar-refractivity contribution in [2.45, 2.75) is 13.8 Å². The molecule has 0 radical (unpaired) electrons. The van der Waals surface area contributed by atoms with Gasteiger partial charge in [0.05, 0.1) is 17.3 Å². The topological polar surface area (TPSA) is 65.8 Å². The molecule has 1 aromatic heterocycles. The van der Waals surface area contributed by atoms with Crippen LogP contribution in [0.5, 0.6) is 0 Å². The van der Waals surface area contributed by atoms with Gasteiger partial charge in [-0.3, -0.25) is 9.78 Å². The Morgan fingerprint density at radius 2 is 2.17 bits per heavy atom. The molecule has 2 rings (SSSR count). The number of para-hydroxylation sites is 1. The van der Waals surface area contributed by atoms with Gasteiger partial charge < -0.3 is 5.32 Å². The molecule has 0 aliphatic carbocycles. The van der Waals surface area contributed by atoms with Crippen LogP contribution < -0.4 is 5.32 Å². The highest BCUT2D eigenvalue weighted by Gasteiger charge is 2.13. The summed E-state index contributed by atoms with van der Waals surface area (Å²) in [6.45, 7) is 3.47. The van der Waals surface area contributed by atoms with E-state index < -0.39 is 5.92 Å². The van der Waals surface area contributed by atoms with Crippen molar-refractivity contribution >= 4 is 22.5 Å². The number of carbonyl (C=O) groups is 1. The minimum absolute atomic E-state index is 0.312. The van der Waals surface area contributed by atoms with Crippen molar-refractivity contribution < 1.29 is 4.79 Å². The Morgan fingerprint density at radius 3 is 2.89 bits per heavy atom. The van der Waals surface area contributed by atoms with Crippen molar-refractivity contribution in [3.05, 3.63) is 36.0 Å². The minimum Gasteiger partial charge on any atom is -0.323 e. The molecule has 0 fully saturated rings. The highest BCUT2D eigenvalue weighted by molar-refractivity contribution is 6.01. The van der Waals surface area contributed by atoms with Gasteiger partial charge in [-0.25, -0.2) is 0 Å². The van der Waals surface area contributed by atoms with Gasteiger partial charge in [0.2, 0.25) is 5.91 Å². The molecule has 1 atom stereocenters. The summed E-state index contributed by atoms with van der Waals surface area (Å²) in [6.07, 6.45) is 0. The Hall–Kier alpha value is -2.41. The Morgan fingerprint density at radius 1 is 1.39 bits per heavy atom. The van der Waals surface area contributed by atoms with Crippen molar-refractivity contribution in [3.8, 4) is 6.07 Å². The van der Waals surface area contributed by atoms with Crippen molar-refractivity contribution in [1.82, 2.24) is 4.98 Å². The molecular weight excluding hydrogens is 226 g/mol. The van der Waals surface area contributed by atoms with Gasteiger partial charge in [-0.05, 0) is 26.0 Å². The van der Waals surface area contributed by atoms with Crippen LogP contribution >= 0.6 is 0 Å². The normalized spacial score (nSPS) is 11.8. The number of anilines is 1. The summed E-state index contributed by atoms with van der Waals surface area (Å²) in [4.78, 5) is 16.1. The molecular formula is C14H13N3O. The second-order valence-corrected chi connectivity index (χ2v) is 4.17. The first kappa shape index (κ1) is 12.1. The van der Waals surface area contributed by atoms with E-state index in [1.165, 1.54) is 0 Å². The highest BCUT2D eigenvalue weighted by atomic mass is 16.1. The number of rotatable bonds is 2. The van der Waals surface area contributed by atoms with Crippen molar-refractivity contribution in [2.24, 2.45) is 5.92 Å². The SMILES string of the molecule is Cc1ccc2cccc(NC(=O)C(C)C#N)c2n1. The lowest BCUT2D eigenvalue weighted by atomic mass is 10.1. The molecule has 0 aliphatic rings. The number of hydrogen-bond acceptors (Lipinski definition) is 3. The fourth-order valence-corrected chi connectivity index (χ4v) is 1.65. The third-order valence-electron chi connectivity index (χ3n) is 2.70. The molecule has 0 saturated carbocycles. The fraction of sp³-hybridized carbons (Fsp3) is 0.214. The number of carbonyl (C=O) groups excluding carboxylic acids is 1. The summed E-state index contributed by atoms with van der Waals surface area (Å²) in [7, 11) is 0. The Bertz CT molecular complexity index is 643. The van der Waals surface area contributed by atoms with Crippen molar-refractivity contribution in [1.29, 1.82) is 5.26 Å². The highest BCUT2D eigenvalue weighted by Crippen LogP contribution is 2.22. The molecule has 1 heterocycles.